The molecule has 1 aromatic carbocycles. The second kappa shape index (κ2) is 15.4. The van der Waals surface area contributed by atoms with Gasteiger partial charge in [0, 0.05) is 32.8 Å². The van der Waals surface area contributed by atoms with Gasteiger partial charge in [0.1, 0.15) is 0 Å². The summed E-state index contributed by atoms with van der Waals surface area (Å²) in [6.07, 6.45) is 2.63. The van der Waals surface area contributed by atoms with Crippen LogP contribution in [0.3, 0.4) is 0 Å². The lowest BCUT2D eigenvalue weighted by Gasteiger charge is -2.13. The van der Waals surface area contributed by atoms with Gasteiger partial charge in [-0.3, -0.25) is 4.99 Å². The van der Waals surface area contributed by atoms with Crippen LogP contribution in [-0.2, 0) is 15.9 Å². The zero-order valence-electron chi connectivity index (χ0n) is 17.5. The number of nitrogens with zero attached hydrogens (tertiary/aromatic N) is 1. The summed E-state index contributed by atoms with van der Waals surface area (Å²) in [4.78, 5) is 4.53. The molecule has 10 heteroatoms. The molecule has 2 rings (SSSR count). The zero-order valence-corrected chi connectivity index (χ0v) is 19.8. The quantitative estimate of drug-likeness (QED) is 0.183. The van der Waals surface area contributed by atoms with Gasteiger partial charge in [-0.1, -0.05) is 6.07 Å². The number of guanidine groups is 1. The van der Waals surface area contributed by atoms with Crippen LogP contribution in [0.4, 0.5) is 8.78 Å². The molecule has 1 aromatic rings. The Kier molecular flexibility index (Phi) is 13.7. The Morgan fingerprint density at radius 1 is 1.30 bits per heavy atom. The Labute approximate surface area is 193 Å². The summed E-state index contributed by atoms with van der Waals surface area (Å²) in [6, 6.07) is 5.02. The molecule has 2 N–H and O–H groups in total. The number of alkyl halides is 2. The summed E-state index contributed by atoms with van der Waals surface area (Å²) in [6.45, 7) is 3.23. The summed E-state index contributed by atoms with van der Waals surface area (Å²) in [7, 11) is 1.42. The molecule has 172 valence electrons. The third-order valence-corrected chi connectivity index (χ3v) is 4.31. The third-order valence-electron chi connectivity index (χ3n) is 4.31. The number of halogens is 3. The monoisotopic (exact) mass is 543 g/mol. The molecule has 1 unspecified atom stereocenters. The van der Waals surface area contributed by atoms with E-state index in [1.54, 1.807) is 12.1 Å². The van der Waals surface area contributed by atoms with Crippen molar-refractivity contribution in [2.75, 3.05) is 46.6 Å². The Balaban J connectivity index is 0.00000450. The van der Waals surface area contributed by atoms with E-state index >= 15 is 0 Å². The van der Waals surface area contributed by atoms with E-state index in [2.05, 4.69) is 20.4 Å². The molecule has 1 atom stereocenters. The average molecular weight is 543 g/mol. The SMILES string of the molecule is CCNC(=NCCCOC1CCOC1)NCCc1ccc(OC)c(OC(F)F)c1.I. The number of rotatable bonds is 12. The van der Waals surface area contributed by atoms with Crippen molar-refractivity contribution < 1.29 is 27.7 Å². The van der Waals surface area contributed by atoms with E-state index in [-0.39, 0.29) is 41.6 Å². The normalized spacial score (nSPS) is 16.3. The van der Waals surface area contributed by atoms with E-state index in [0.29, 0.717) is 38.7 Å². The van der Waals surface area contributed by atoms with Crippen molar-refractivity contribution in [3.63, 3.8) is 0 Å². The first-order chi connectivity index (χ1) is 14.1. The summed E-state index contributed by atoms with van der Waals surface area (Å²) in [5.74, 6) is 1.03. The first kappa shape index (κ1) is 26.6. The molecule has 1 aliphatic heterocycles. The Bertz CT molecular complexity index is 632. The van der Waals surface area contributed by atoms with E-state index in [1.807, 2.05) is 13.0 Å². The minimum Gasteiger partial charge on any atom is -0.493 e. The van der Waals surface area contributed by atoms with Crippen molar-refractivity contribution in [3.05, 3.63) is 23.8 Å². The third kappa shape index (κ3) is 10.1. The molecule has 1 fully saturated rings. The summed E-state index contributed by atoms with van der Waals surface area (Å²) < 4.78 is 45.7. The Hall–Kier alpha value is -1.40. The number of methoxy groups -OCH3 is 1. The number of ether oxygens (including phenoxy) is 4. The molecule has 0 bridgehead atoms. The lowest BCUT2D eigenvalue weighted by molar-refractivity contribution is -0.0512. The van der Waals surface area contributed by atoms with Crippen molar-refractivity contribution in [1.82, 2.24) is 10.6 Å². The molecule has 0 radical (unpaired) electrons. The maximum atomic E-state index is 12.5. The number of benzene rings is 1. The van der Waals surface area contributed by atoms with Gasteiger partial charge in [0.2, 0.25) is 0 Å². The molecule has 7 nitrogen and oxygen atoms in total. The smallest absolute Gasteiger partial charge is 0.387 e. The van der Waals surface area contributed by atoms with Gasteiger partial charge in [-0.2, -0.15) is 8.78 Å². The topological polar surface area (TPSA) is 73.3 Å². The van der Waals surface area contributed by atoms with Gasteiger partial charge in [0.15, 0.2) is 17.5 Å². The minimum absolute atomic E-state index is 0. The molecule has 0 aliphatic carbocycles. The first-order valence-electron chi connectivity index (χ1n) is 9.95. The fraction of sp³-hybridized carbons (Fsp3) is 0.650. The maximum absolute atomic E-state index is 12.5. The molecule has 1 saturated heterocycles. The molecule has 0 amide bonds. The van der Waals surface area contributed by atoms with Crippen LogP contribution in [0, 0.1) is 0 Å². The van der Waals surface area contributed by atoms with Crippen molar-refractivity contribution >= 4 is 29.9 Å². The van der Waals surface area contributed by atoms with Gasteiger partial charge >= 0.3 is 6.61 Å². The highest BCUT2D eigenvalue weighted by Crippen LogP contribution is 2.29. The van der Waals surface area contributed by atoms with E-state index in [1.165, 1.54) is 7.11 Å². The van der Waals surface area contributed by atoms with E-state index < -0.39 is 6.61 Å². The first-order valence-corrected chi connectivity index (χ1v) is 9.95. The van der Waals surface area contributed by atoms with Crippen LogP contribution in [0.1, 0.15) is 25.3 Å². The van der Waals surface area contributed by atoms with E-state index in [9.17, 15) is 8.78 Å². The molecule has 0 spiro atoms. The average Bonchev–Trinajstić information content (AvgIpc) is 3.21. The van der Waals surface area contributed by atoms with Crippen LogP contribution >= 0.6 is 24.0 Å². The zero-order chi connectivity index (χ0) is 20.9. The van der Waals surface area contributed by atoms with Gasteiger partial charge in [-0.25, -0.2) is 0 Å². The second-order valence-electron chi connectivity index (χ2n) is 6.51. The van der Waals surface area contributed by atoms with Crippen molar-refractivity contribution in [3.8, 4) is 11.5 Å². The molecule has 1 aliphatic rings. The van der Waals surface area contributed by atoms with Crippen LogP contribution in [0.2, 0.25) is 0 Å². The van der Waals surface area contributed by atoms with Crippen LogP contribution in [0.15, 0.2) is 23.2 Å². The number of nitrogens with one attached hydrogen (secondary N) is 2. The van der Waals surface area contributed by atoms with E-state index in [0.717, 1.165) is 31.6 Å². The molecule has 30 heavy (non-hydrogen) atoms. The van der Waals surface area contributed by atoms with E-state index in [4.69, 9.17) is 14.2 Å². The lowest BCUT2D eigenvalue weighted by Crippen LogP contribution is -2.38. The second-order valence-corrected chi connectivity index (χ2v) is 6.51. The Morgan fingerprint density at radius 2 is 2.13 bits per heavy atom. The minimum atomic E-state index is -2.89. The highest BCUT2D eigenvalue weighted by atomic mass is 127. The van der Waals surface area contributed by atoms with Crippen molar-refractivity contribution in [2.24, 2.45) is 4.99 Å². The summed E-state index contributed by atoms with van der Waals surface area (Å²) in [5, 5.41) is 6.44. The van der Waals surface area contributed by atoms with Gasteiger partial charge in [0.05, 0.1) is 19.8 Å². The Morgan fingerprint density at radius 3 is 2.80 bits per heavy atom. The van der Waals surface area contributed by atoms with Crippen LogP contribution in [0.5, 0.6) is 11.5 Å². The molecular formula is C20H32F2IN3O4. The van der Waals surface area contributed by atoms with Crippen molar-refractivity contribution in [1.29, 1.82) is 0 Å². The highest BCUT2D eigenvalue weighted by molar-refractivity contribution is 14.0. The standard InChI is InChI=1S/C20H31F2N3O4.HI/c1-3-23-20(24-9-4-11-28-16-8-12-27-14-16)25-10-7-15-5-6-17(26-2)18(13-15)29-19(21)22;/h5-6,13,16,19H,3-4,7-12,14H2,1-2H3,(H2,23,24,25);1H. The number of hydrogen-bond acceptors (Lipinski definition) is 5. The summed E-state index contributed by atoms with van der Waals surface area (Å²) in [5.41, 5.74) is 0.858. The predicted molar refractivity (Wildman–Crippen MR) is 123 cm³/mol. The summed E-state index contributed by atoms with van der Waals surface area (Å²) >= 11 is 0. The van der Waals surface area contributed by atoms with Crippen LogP contribution < -0.4 is 20.1 Å². The highest BCUT2D eigenvalue weighted by Gasteiger charge is 2.15. The predicted octanol–water partition coefficient (Wildman–Crippen LogP) is 3.21. The molecular weight excluding hydrogens is 511 g/mol. The number of aliphatic imine (C=N–C) groups is 1. The fourth-order valence-electron chi connectivity index (χ4n) is 2.88. The largest absolute Gasteiger partial charge is 0.493 e. The van der Waals surface area contributed by atoms with Gasteiger partial charge < -0.3 is 29.6 Å². The molecule has 1 heterocycles. The number of hydrogen-bond donors (Lipinski definition) is 2. The van der Waals surface area contributed by atoms with Gasteiger partial charge in [-0.05, 0) is 43.9 Å². The van der Waals surface area contributed by atoms with Gasteiger partial charge in [0.25, 0.3) is 0 Å². The van der Waals surface area contributed by atoms with Gasteiger partial charge in [-0.15, -0.1) is 24.0 Å². The maximum Gasteiger partial charge on any atom is 0.387 e. The lowest BCUT2D eigenvalue weighted by atomic mass is 10.1. The molecule has 0 saturated carbocycles. The van der Waals surface area contributed by atoms with Crippen LogP contribution in [0.25, 0.3) is 0 Å². The van der Waals surface area contributed by atoms with Crippen molar-refractivity contribution in [2.45, 2.75) is 38.9 Å². The fourth-order valence-corrected chi connectivity index (χ4v) is 2.88. The van der Waals surface area contributed by atoms with Crippen LogP contribution in [-0.4, -0.2) is 65.2 Å². The molecule has 0 aromatic heterocycles.